The van der Waals surface area contributed by atoms with Gasteiger partial charge in [-0.3, -0.25) is 4.79 Å². The molecule has 0 amide bonds. The SMILES string of the molecule is CCn1cc(-c2nnc(N)o2)c(=O)c2ccc(C)nc21. The summed E-state index contributed by atoms with van der Waals surface area (Å²) in [5.41, 5.74) is 7.04. The molecule has 0 bridgehead atoms. The van der Waals surface area contributed by atoms with E-state index in [2.05, 4.69) is 15.2 Å². The lowest BCUT2D eigenvalue weighted by Crippen LogP contribution is -2.13. The lowest BCUT2D eigenvalue weighted by molar-refractivity contribution is 0.588. The van der Waals surface area contributed by atoms with Gasteiger partial charge in [-0.2, -0.15) is 0 Å². The molecular formula is C13H13N5O2. The van der Waals surface area contributed by atoms with Gasteiger partial charge in [-0.15, -0.1) is 5.10 Å². The van der Waals surface area contributed by atoms with Crippen molar-refractivity contribution in [2.45, 2.75) is 20.4 Å². The van der Waals surface area contributed by atoms with Gasteiger partial charge in [0.2, 0.25) is 5.43 Å². The van der Waals surface area contributed by atoms with Crippen LogP contribution in [0, 0.1) is 6.92 Å². The highest BCUT2D eigenvalue weighted by Gasteiger charge is 2.15. The van der Waals surface area contributed by atoms with E-state index >= 15 is 0 Å². The number of nitrogens with two attached hydrogens (primary N) is 1. The summed E-state index contributed by atoms with van der Waals surface area (Å²) in [7, 11) is 0. The smallest absolute Gasteiger partial charge is 0.313 e. The first-order valence-corrected chi connectivity index (χ1v) is 6.20. The van der Waals surface area contributed by atoms with Gasteiger partial charge >= 0.3 is 6.01 Å². The number of aryl methyl sites for hydroxylation is 2. The maximum atomic E-state index is 12.5. The number of nitrogens with zero attached hydrogens (tertiary/aromatic N) is 4. The van der Waals surface area contributed by atoms with Crippen LogP contribution in [-0.4, -0.2) is 19.7 Å². The number of fused-ring (bicyclic) bond motifs is 1. The Labute approximate surface area is 114 Å². The highest BCUT2D eigenvalue weighted by Crippen LogP contribution is 2.18. The van der Waals surface area contributed by atoms with Crippen molar-refractivity contribution in [2.24, 2.45) is 0 Å². The van der Waals surface area contributed by atoms with E-state index in [0.717, 1.165) is 5.69 Å². The summed E-state index contributed by atoms with van der Waals surface area (Å²) < 4.78 is 7.02. The van der Waals surface area contributed by atoms with Gasteiger partial charge in [-0.1, -0.05) is 5.10 Å². The Morgan fingerprint density at radius 1 is 1.35 bits per heavy atom. The lowest BCUT2D eigenvalue weighted by Gasteiger charge is -2.09. The quantitative estimate of drug-likeness (QED) is 0.755. The Kier molecular flexibility index (Phi) is 2.74. The molecule has 2 N–H and O–H groups in total. The zero-order valence-corrected chi connectivity index (χ0v) is 11.1. The predicted molar refractivity (Wildman–Crippen MR) is 74.1 cm³/mol. The summed E-state index contributed by atoms with van der Waals surface area (Å²) in [5.74, 6) is 0.122. The fourth-order valence-electron chi connectivity index (χ4n) is 2.10. The first-order chi connectivity index (χ1) is 9.60. The van der Waals surface area contributed by atoms with Gasteiger partial charge in [0.1, 0.15) is 11.2 Å². The molecule has 7 heteroatoms. The molecule has 0 aliphatic heterocycles. The second-order valence-electron chi connectivity index (χ2n) is 4.43. The summed E-state index contributed by atoms with van der Waals surface area (Å²) in [4.78, 5) is 16.9. The number of hydrogen-bond acceptors (Lipinski definition) is 6. The van der Waals surface area contributed by atoms with E-state index in [-0.39, 0.29) is 17.3 Å². The van der Waals surface area contributed by atoms with Crippen molar-refractivity contribution in [1.82, 2.24) is 19.7 Å². The monoisotopic (exact) mass is 271 g/mol. The van der Waals surface area contributed by atoms with Crippen LogP contribution < -0.4 is 11.2 Å². The summed E-state index contributed by atoms with van der Waals surface area (Å²) >= 11 is 0. The molecule has 7 nitrogen and oxygen atoms in total. The summed E-state index contributed by atoms with van der Waals surface area (Å²) in [6.45, 7) is 4.53. The number of anilines is 1. The van der Waals surface area contributed by atoms with Gasteiger partial charge in [0.05, 0.1) is 5.39 Å². The van der Waals surface area contributed by atoms with Gasteiger partial charge < -0.3 is 14.7 Å². The average molecular weight is 271 g/mol. The van der Waals surface area contributed by atoms with Crippen molar-refractivity contribution in [3.8, 4) is 11.5 Å². The molecule has 3 heterocycles. The molecule has 3 rings (SSSR count). The second-order valence-corrected chi connectivity index (χ2v) is 4.43. The van der Waals surface area contributed by atoms with E-state index in [1.165, 1.54) is 0 Å². The van der Waals surface area contributed by atoms with Crippen LogP contribution in [0.2, 0.25) is 0 Å². The number of pyridine rings is 2. The van der Waals surface area contributed by atoms with Crippen LogP contribution in [-0.2, 0) is 6.54 Å². The molecule has 20 heavy (non-hydrogen) atoms. The van der Waals surface area contributed by atoms with E-state index in [4.69, 9.17) is 10.2 Å². The van der Waals surface area contributed by atoms with Gasteiger partial charge in [0.25, 0.3) is 5.89 Å². The minimum absolute atomic E-state index is 0.0652. The van der Waals surface area contributed by atoms with E-state index < -0.39 is 0 Å². The maximum Gasteiger partial charge on any atom is 0.313 e. The van der Waals surface area contributed by atoms with Gasteiger partial charge in [0.15, 0.2) is 0 Å². The van der Waals surface area contributed by atoms with Crippen molar-refractivity contribution in [3.05, 3.63) is 34.2 Å². The van der Waals surface area contributed by atoms with Crippen LogP contribution in [0.4, 0.5) is 6.01 Å². The van der Waals surface area contributed by atoms with Gasteiger partial charge in [0, 0.05) is 18.4 Å². The van der Waals surface area contributed by atoms with E-state index in [9.17, 15) is 4.79 Å². The number of rotatable bonds is 2. The molecule has 0 unspecified atom stereocenters. The molecule has 0 aliphatic carbocycles. The summed E-state index contributed by atoms with van der Waals surface area (Å²) in [6.07, 6.45) is 1.67. The zero-order chi connectivity index (χ0) is 14.3. The highest BCUT2D eigenvalue weighted by atomic mass is 16.4. The van der Waals surface area contributed by atoms with E-state index in [1.807, 2.05) is 18.4 Å². The second kappa shape index (κ2) is 4.44. The standard InChI is InChI=1S/C13H13N5O2/c1-3-18-6-9(12-16-17-13(14)20-12)10(19)8-5-4-7(2)15-11(8)18/h4-6H,3H2,1-2H3,(H2,14,17). The van der Waals surface area contributed by atoms with Gasteiger partial charge in [-0.25, -0.2) is 4.98 Å². The van der Waals surface area contributed by atoms with Crippen LogP contribution >= 0.6 is 0 Å². The minimum atomic E-state index is -0.194. The van der Waals surface area contributed by atoms with Gasteiger partial charge in [-0.05, 0) is 26.0 Å². The number of nitrogen functional groups attached to an aromatic ring is 1. The largest absolute Gasteiger partial charge is 0.403 e. The van der Waals surface area contributed by atoms with Crippen LogP contribution in [0.15, 0.2) is 27.5 Å². The molecule has 0 aliphatic rings. The Bertz CT molecular complexity index is 850. The Hall–Kier alpha value is -2.70. The summed E-state index contributed by atoms with van der Waals surface area (Å²) in [6, 6.07) is 3.50. The molecule has 0 aromatic carbocycles. The first-order valence-electron chi connectivity index (χ1n) is 6.20. The van der Waals surface area contributed by atoms with Crippen LogP contribution in [0.5, 0.6) is 0 Å². The lowest BCUT2D eigenvalue weighted by atomic mass is 10.2. The molecule has 0 fully saturated rings. The summed E-state index contributed by atoms with van der Waals surface area (Å²) in [5, 5.41) is 7.87. The van der Waals surface area contributed by atoms with Crippen LogP contribution in [0.3, 0.4) is 0 Å². The topological polar surface area (TPSA) is 99.8 Å². The molecule has 0 saturated carbocycles. The molecule has 3 aromatic rings. The third-order valence-electron chi connectivity index (χ3n) is 3.07. The van der Waals surface area contributed by atoms with Crippen molar-refractivity contribution < 1.29 is 4.42 Å². The molecule has 102 valence electrons. The molecule has 0 saturated heterocycles. The fraction of sp³-hybridized carbons (Fsp3) is 0.231. The van der Waals surface area contributed by atoms with E-state index in [1.54, 1.807) is 18.3 Å². The predicted octanol–water partition coefficient (Wildman–Crippen LogP) is 1.36. The Morgan fingerprint density at radius 3 is 2.80 bits per heavy atom. The van der Waals surface area contributed by atoms with Crippen LogP contribution in [0.1, 0.15) is 12.6 Å². The molecule has 0 atom stereocenters. The fourth-order valence-corrected chi connectivity index (χ4v) is 2.10. The van der Waals surface area contributed by atoms with E-state index in [0.29, 0.717) is 23.1 Å². The Balaban J connectivity index is 2.38. The first kappa shape index (κ1) is 12.3. The minimum Gasteiger partial charge on any atom is -0.403 e. The highest BCUT2D eigenvalue weighted by molar-refractivity contribution is 5.79. The molecule has 0 radical (unpaired) electrons. The van der Waals surface area contributed by atoms with Crippen molar-refractivity contribution in [3.63, 3.8) is 0 Å². The molecular weight excluding hydrogens is 258 g/mol. The Morgan fingerprint density at radius 2 is 2.15 bits per heavy atom. The third-order valence-corrected chi connectivity index (χ3v) is 3.07. The zero-order valence-electron chi connectivity index (χ0n) is 11.1. The normalized spacial score (nSPS) is 11.1. The third kappa shape index (κ3) is 1.83. The number of hydrogen-bond donors (Lipinski definition) is 1. The van der Waals surface area contributed by atoms with Crippen LogP contribution in [0.25, 0.3) is 22.5 Å². The van der Waals surface area contributed by atoms with Crippen molar-refractivity contribution >= 4 is 17.0 Å². The van der Waals surface area contributed by atoms with Crippen molar-refractivity contribution in [2.75, 3.05) is 5.73 Å². The van der Waals surface area contributed by atoms with Crippen molar-refractivity contribution in [1.29, 1.82) is 0 Å². The maximum absolute atomic E-state index is 12.5. The average Bonchev–Trinajstić information content (AvgIpc) is 2.85. The molecule has 0 spiro atoms. The number of aromatic nitrogens is 4. The molecule has 3 aromatic heterocycles.